The molecule has 1 amide bonds. The highest BCUT2D eigenvalue weighted by Gasteiger charge is 2.48. The van der Waals surface area contributed by atoms with Crippen LogP contribution < -0.4 is 0 Å². The van der Waals surface area contributed by atoms with Crippen LogP contribution >= 0.6 is 0 Å². The van der Waals surface area contributed by atoms with Crippen molar-refractivity contribution in [3.05, 3.63) is 125 Å². The second kappa shape index (κ2) is 21.6. The summed E-state index contributed by atoms with van der Waals surface area (Å²) in [5.41, 5.74) is 10.7. The Morgan fingerprint density at radius 1 is 0.851 bits per heavy atom. The second-order valence-electron chi connectivity index (χ2n) is 20.8. The number of H-pyrrole nitrogens is 2. The van der Waals surface area contributed by atoms with E-state index in [1.165, 1.54) is 44.1 Å². The number of benzene rings is 2. The van der Waals surface area contributed by atoms with E-state index in [9.17, 15) is 4.79 Å². The summed E-state index contributed by atoms with van der Waals surface area (Å²) in [5.74, 6) is 3.12. The van der Waals surface area contributed by atoms with Gasteiger partial charge >= 0.3 is 0 Å². The van der Waals surface area contributed by atoms with Crippen LogP contribution in [0.1, 0.15) is 166 Å². The van der Waals surface area contributed by atoms with Gasteiger partial charge in [-0.3, -0.25) is 9.69 Å². The third-order valence-corrected chi connectivity index (χ3v) is 15.9. The number of aromatic amines is 2. The van der Waals surface area contributed by atoms with Gasteiger partial charge < -0.3 is 19.6 Å². The maximum Gasteiger partial charge on any atom is 0.252 e. The van der Waals surface area contributed by atoms with Gasteiger partial charge in [0.15, 0.2) is 0 Å². The summed E-state index contributed by atoms with van der Waals surface area (Å²) < 4.78 is 22.6. The van der Waals surface area contributed by atoms with Crippen molar-refractivity contribution in [2.24, 2.45) is 17.8 Å². The fraction of sp³-hybridized carbons (Fsp3) is 0.534. The van der Waals surface area contributed by atoms with Crippen LogP contribution in [-0.2, 0) is 16.0 Å². The molecular weight excluding hydrogens is 832 g/mol. The largest absolute Gasteiger partial charge is 0.371 e. The van der Waals surface area contributed by atoms with Gasteiger partial charge in [0, 0.05) is 19.2 Å². The van der Waals surface area contributed by atoms with Gasteiger partial charge in [0.25, 0.3) is 5.91 Å². The highest BCUT2D eigenvalue weighted by atomic mass is 19.1. The Morgan fingerprint density at radius 3 is 2.15 bits per heavy atom. The van der Waals surface area contributed by atoms with E-state index in [0.29, 0.717) is 37.3 Å². The monoisotopic (exact) mass is 909 g/mol. The molecule has 2 aromatic carbocycles. The number of aromatic nitrogens is 4. The number of halogens is 1. The fourth-order valence-electron chi connectivity index (χ4n) is 12.2. The van der Waals surface area contributed by atoms with Gasteiger partial charge in [0.2, 0.25) is 0 Å². The quantitative estimate of drug-likeness (QED) is 0.0971. The van der Waals surface area contributed by atoms with Crippen LogP contribution in [0.4, 0.5) is 4.39 Å². The van der Waals surface area contributed by atoms with Crippen molar-refractivity contribution in [3.8, 4) is 0 Å². The third-order valence-electron chi connectivity index (χ3n) is 15.9. The average molecular weight is 909 g/mol. The lowest BCUT2D eigenvalue weighted by Gasteiger charge is -2.36. The van der Waals surface area contributed by atoms with Crippen molar-refractivity contribution in [2.75, 3.05) is 14.2 Å². The predicted octanol–water partition coefficient (Wildman–Crippen LogP) is 14.3. The van der Waals surface area contributed by atoms with Crippen LogP contribution in [-0.4, -0.2) is 68.0 Å². The number of imidazole rings is 2. The Labute approximate surface area is 400 Å². The highest BCUT2D eigenvalue weighted by Crippen LogP contribution is 2.47. The van der Waals surface area contributed by atoms with Gasteiger partial charge in [-0.05, 0) is 167 Å². The van der Waals surface area contributed by atoms with Crippen molar-refractivity contribution in [3.63, 3.8) is 0 Å². The second-order valence-corrected chi connectivity index (χ2v) is 20.8. The summed E-state index contributed by atoms with van der Waals surface area (Å²) in [4.78, 5) is 36.6. The number of hydrogen-bond acceptors (Lipinski definition) is 5. The minimum absolute atomic E-state index is 0.0832. The molecule has 9 heteroatoms. The number of methoxy groups -OCH3 is 1. The van der Waals surface area contributed by atoms with Crippen LogP contribution in [0.15, 0.2) is 102 Å². The minimum Gasteiger partial charge on any atom is -0.371 e. The van der Waals surface area contributed by atoms with Crippen molar-refractivity contribution < 1.29 is 13.9 Å². The van der Waals surface area contributed by atoms with E-state index in [1.807, 2.05) is 6.07 Å². The zero-order valence-electron chi connectivity index (χ0n) is 41.6. The van der Waals surface area contributed by atoms with Crippen LogP contribution in [0.5, 0.6) is 0 Å². The molecule has 0 bridgehead atoms. The molecule has 358 valence electrons. The van der Waals surface area contributed by atoms with Crippen molar-refractivity contribution >= 4 is 33.5 Å². The molecule has 8 nitrogen and oxygen atoms in total. The van der Waals surface area contributed by atoms with Gasteiger partial charge in [-0.1, -0.05) is 108 Å². The van der Waals surface area contributed by atoms with Crippen LogP contribution in [0, 0.1) is 17.8 Å². The average Bonchev–Trinajstić information content (AvgIpc) is 4.12. The molecule has 4 aromatic rings. The maximum atomic E-state index is 16.7. The number of allylic oxidation sites excluding steroid dienone is 10. The van der Waals surface area contributed by atoms with Crippen molar-refractivity contribution in [2.45, 2.75) is 168 Å². The van der Waals surface area contributed by atoms with Gasteiger partial charge in [0.05, 0.1) is 34.2 Å². The molecule has 8 atom stereocenters. The first kappa shape index (κ1) is 48.6. The Morgan fingerprint density at radius 2 is 1.49 bits per heavy atom. The summed E-state index contributed by atoms with van der Waals surface area (Å²) in [5, 5.41) is 0. The lowest BCUT2D eigenvalue weighted by Crippen LogP contribution is -2.48. The summed E-state index contributed by atoms with van der Waals surface area (Å²) >= 11 is 0. The number of carbonyl (C=O) groups excluding carboxylic acids is 1. The number of nitrogens with zero attached hydrogens (tertiary/aromatic N) is 4. The molecule has 2 saturated heterocycles. The lowest BCUT2D eigenvalue weighted by atomic mass is 9.84. The van der Waals surface area contributed by atoms with Crippen LogP contribution in [0.3, 0.4) is 0 Å². The molecule has 4 fully saturated rings. The maximum absolute atomic E-state index is 16.7. The highest BCUT2D eigenvalue weighted by molar-refractivity contribution is 5.84. The lowest BCUT2D eigenvalue weighted by molar-refractivity contribution is -0.149. The molecule has 4 aliphatic rings. The Bertz CT molecular complexity index is 2550. The van der Waals surface area contributed by atoms with Gasteiger partial charge in [-0.2, -0.15) is 0 Å². The normalized spacial score (nSPS) is 24.9. The number of hydrogen-bond donors (Lipinski definition) is 2. The van der Waals surface area contributed by atoms with E-state index >= 15 is 4.39 Å². The van der Waals surface area contributed by atoms with E-state index in [0.717, 1.165) is 118 Å². The van der Waals surface area contributed by atoms with E-state index < -0.39 is 6.10 Å². The number of ether oxygens (including phenoxy) is 1. The predicted molar refractivity (Wildman–Crippen MR) is 274 cm³/mol. The molecule has 2 aliphatic heterocycles. The minimum atomic E-state index is -0.476. The standard InChI is InChI=1S/C58H77FN6O2/c1-10-17-39(12-3)31-46(59)43(30-41-23-26-47-49(32-41)62-57(61-47)54-35-45-19-14-16-21-52(45)65(54)58(66)55(67-9)37(6)11-2)24-22-40(28-36(4)5)29-38(7)42-25-27-48-50(33-42)63-56(60-48)53-34-44-18-13-15-20-51(44)64(53)8/h12,23,25-29,31-33,37,44-45,51-55H,3,7,10-11,13-22,24,30,34-35H2,1-2,4-6,8-9H3,(H,60,63)(H,61,62)/b39-31+,40-29-,46-43+. The third kappa shape index (κ3) is 10.7. The number of rotatable bonds is 18. The molecule has 67 heavy (non-hydrogen) atoms. The van der Waals surface area contributed by atoms with E-state index in [4.69, 9.17) is 14.7 Å². The summed E-state index contributed by atoms with van der Waals surface area (Å²) in [6.45, 7) is 19.1. The molecule has 4 heterocycles. The summed E-state index contributed by atoms with van der Waals surface area (Å²) in [7, 11) is 3.94. The summed E-state index contributed by atoms with van der Waals surface area (Å²) in [6.07, 6.45) is 23.4. The first-order chi connectivity index (χ1) is 32.4. The van der Waals surface area contributed by atoms with Crippen LogP contribution in [0.25, 0.3) is 27.6 Å². The van der Waals surface area contributed by atoms with Gasteiger partial charge in [-0.15, -0.1) is 0 Å². The van der Waals surface area contributed by atoms with Crippen molar-refractivity contribution in [1.29, 1.82) is 0 Å². The molecule has 2 aromatic heterocycles. The number of fused-ring (bicyclic) bond motifs is 4. The molecule has 0 spiro atoms. The van der Waals surface area contributed by atoms with E-state index in [2.05, 4.69) is 117 Å². The van der Waals surface area contributed by atoms with Gasteiger partial charge in [0.1, 0.15) is 23.6 Å². The molecule has 8 rings (SSSR count). The SMILES string of the molecule is C=C/C(=C\C(F)=C(\CC/C(C=C(C)C)=C/C(=C)c1ccc2nc(C3CC4CCCCC4N3C)[nH]c2c1)Cc1ccc2nc(C3CC4CCCCC4N3C(=O)C(OC)C(C)CC)[nH]c2c1)CCC. The smallest absolute Gasteiger partial charge is 0.252 e. The van der Waals surface area contributed by atoms with E-state index in [-0.39, 0.29) is 29.7 Å². The number of likely N-dealkylation sites (tertiary alicyclic amines) is 2. The van der Waals surface area contributed by atoms with Gasteiger partial charge in [-0.25, -0.2) is 14.4 Å². The molecule has 2 aliphatic carbocycles. The zero-order chi connectivity index (χ0) is 47.4. The number of amides is 1. The Kier molecular flexibility index (Phi) is 15.7. The molecule has 2 saturated carbocycles. The molecular formula is C58H77FN6O2. The van der Waals surface area contributed by atoms with Crippen LogP contribution in [0.2, 0.25) is 0 Å². The fourth-order valence-corrected chi connectivity index (χ4v) is 12.2. The molecule has 0 radical (unpaired) electrons. The Balaban J connectivity index is 1.04. The summed E-state index contributed by atoms with van der Waals surface area (Å²) in [6, 6.07) is 13.7. The zero-order valence-corrected chi connectivity index (χ0v) is 41.6. The first-order valence-corrected chi connectivity index (χ1v) is 25.7. The Hall–Kier alpha value is -4.86. The van der Waals surface area contributed by atoms with Crippen molar-refractivity contribution in [1.82, 2.24) is 29.7 Å². The topological polar surface area (TPSA) is 90.1 Å². The number of carbonyl (C=O) groups is 1. The number of nitrogens with one attached hydrogen (secondary N) is 2. The molecule has 8 unspecified atom stereocenters. The van der Waals surface area contributed by atoms with E-state index in [1.54, 1.807) is 19.3 Å². The first-order valence-electron chi connectivity index (χ1n) is 25.7. The molecule has 2 N–H and O–H groups in total.